The molecule has 1 atom stereocenters. The van der Waals surface area contributed by atoms with Crippen LogP contribution in [0.4, 0.5) is 4.39 Å². The van der Waals surface area contributed by atoms with Crippen molar-refractivity contribution in [3.63, 3.8) is 0 Å². The fourth-order valence-corrected chi connectivity index (χ4v) is 3.97. The van der Waals surface area contributed by atoms with Crippen molar-refractivity contribution in [1.29, 1.82) is 0 Å². The van der Waals surface area contributed by atoms with Crippen LogP contribution >= 0.6 is 15.9 Å². The number of aryl methyl sites for hydroxylation is 1. The van der Waals surface area contributed by atoms with E-state index in [4.69, 9.17) is 4.74 Å². The number of rotatable bonds is 6. The first-order valence-electron chi connectivity index (χ1n) is 5.64. The first-order chi connectivity index (χ1) is 8.78. The highest BCUT2D eigenvalue weighted by Gasteiger charge is 2.25. The summed E-state index contributed by atoms with van der Waals surface area (Å²) < 4.78 is 44.0. The third kappa shape index (κ3) is 4.24. The molecule has 19 heavy (non-hydrogen) atoms. The second-order valence-corrected chi connectivity index (χ2v) is 7.56. The lowest BCUT2D eigenvalue weighted by Gasteiger charge is -2.21. The molecule has 4 nitrogen and oxygen atoms in total. The van der Waals surface area contributed by atoms with Crippen LogP contribution in [0.2, 0.25) is 0 Å². The van der Waals surface area contributed by atoms with Crippen LogP contribution in [-0.2, 0) is 14.8 Å². The Bertz CT molecular complexity index is 536. The van der Waals surface area contributed by atoms with Gasteiger partial charge in [-0.3, -0.25) is 0 Å². The molecule has 0 aromatic heterocycles. The van der Waals surface area contributed by atoms with E-state index in [-0.39, 0.29) is 16.3 Å². The summed E-state index contributed by atoms with van der Waals surface area (Å²) >= 11 is 3.33. The molecule has 0 saturated carbocycles. The van der Waals surface area contributed by atoms with E-state index in [1.54, 1.807) is 14.0 Å². The Labute approximate surface area is 121 Å². The van der Waals surface area contributed by atoms with Crippen LogP contribution in [0.3, 0.4) is 0 Å². The van der Waals surface area contributed by atoms with Gasteiger partial charge in [0.25, 0.3) is 0 Å². The van der Waals surface area contributed by atoms with E-state index in [0.717, 1.165) is 6.07 Å². The summed E-state index contributed by atoms with van der Waals surface area (Å²) in [5, 5.41) is 0. The molecular weight excluding hydrogens is 337 g/mol. The molecule has 0 bridgehead atoms. The summed E-state index contributed by atoms with van der Waals surface area (Å²) in [5.41, 5.74) is 0.520. The average molecular weight is 354 g/mol. The maximum absolute atomic E-state index is 13.2. The van der Waals surface area contributed by atoms with Gasteiger partial charge < -0.3 is 4.74 Å². The molecule has 0 N–H and O–H groups in total. The Balaban J connectivity index is 3.00. The summed E-state index contributed by atoms with van der Waals surface area (Å²) in [7, 11) is -0.695. The largest absolute Gasteiger partial charge is 0.383 e. The van der Waals surface area contributed by atoms with Gasteiger partial charge in [-0.2, -0.15) is 4.31 Å². The Kier molecular flexibility index (Phi) is 5.91. The lowest BCUT2D eigenvalue weighted by Crippen LogP contribution is -2.34. The summed E-state index contributed by atoms with van der Waals surface area (Å²) in [4.78, 5) is -0.127. The van der Waals surface area contributed by atoms with Crippen LogP contribution in [0.1, 0.15) is 5.56 Å². The molecular formula is C12H17BrFNO3S. The van der Waals surface area contributed by atoms with Gasteiger partial charge in [-0.15, -0.1) is 0 Å². The maximum Gasteiger partial charge on any atom is 0.243 e. The molecule has 1 rings (SSSR count). The van der Waals surface area contributed by atoms with Crippen molar-refractivity contribution in [3.05, 3.63) is 29.6 Å². The number of methoxy groups -OCH3 is 1. The van der Waals surface area contributed by atoms with Crippen LogP contribution in [-0.4, -0.2) is 44.9 Å². The van der Waals surface area contributed by atoms with Gasteiger partial charge in [0, 0.05) is 20.7 Å². The summed E-state index contributed by atoms with van der Waals surface area (Å²) in [5.74, 6) is -0.565. The number of hydrogen-bond donors (Lipinski definition) is 0. The molecule has 0 fully saturated rings. The number of benzene rings is 1. The first-order valence-corrected chi connectivity index (χ1v) is 8.00. The van der Waals surface area contributed by atoms with E-state index in [2.05, 4.69) is 15.9 Å². The van der Waals surface area contributed by atoms with Gasteiger partial charge >= 0.3 is 0 Å². The lowest BCUT2D eigenvalue weighted by molar-refractivity contribution is 0.195. The van der Waals surface area contributed by atoms with Crippen LogP contribution in [0.25, 0.3) is 0 Å². The molecule has 108 valence electrons. The van der Waals surface area contributed by atoms with Crippen LogP contribution < -0.4 is 0 Å². The van der Waals surface area contributed by atoms with Gasteiger partial charge in [-0.25, -0.2) is 12.8 Å². The fraction of sp³-hybridized carbons (Fsp3) is 0.500. The second kappa shape index (κ2) is 6.78. The van der Waals surface area contributed by atoms with Crippen LogP contribution in [0.15, 0.2) is 23.1 Å². The van der Waals surface area contributed by atoms with Gasteiger partial charge in [-0.05, 0) is 24.6 Å². The summed E-state index contributed by atoms with van der Waals surface area (Å²) in [6.45, 7) is 2.27. The van der Waals surface area contributed by atoms with Crippen LogP contribution in [0, 0.1) is 12.7 Å². The number of nitrogens with zero attached hydrogens (tertiary/aromatic N) is 1. The molecule has 0 saturated heterocycles. The van der Waals surface area contributed by atoms with Crippen molar-refractivity contribution in [2.24, 2.45) is 0 Å². The molecule has 1 aromatic rings. The molecule has 0 aliphatic heterocycles. The number of halogens is 2. The number of alkyl halides is 1. The Hall–Kier alpha value is -0.500. The second-order valence-electron chi connectivity index (χ2n) is 4.25. The van der Waals surface area contributed by atoms with Gasteiger partial charge in [0.2, 0.25) is 10.0 Å². The smallest absolute Gasteiger partial charge is 0.243 e. The SMILES string of the molecule is COCC(Br)CN(C)S(=O)(=O)c1cc(F)ccc1C. The van der Waals surface area contributed by atoms with E-state index < -0.39 is 15.8 Å². The first kappa shape index (κ1) is 16.6. The number of hydrogen-bond acceptors (Lipinski definition) is 3. The monoisotopic (exact) mass is 353 g/mol. The maximum atomic E-state index is 13.2. The van der Waals surface area contributed by atoms with E-state index in [1.165, 1.54) is 23.5 Å². The van der Waals surface area contributed by atoms with Gasteiger partial charge in [-0.1, -0.05) is 22.0 Å². The fourth-order valence-electron chi connectivity index (χ4n) is 1.63. The van der Waals surface area contributed by atoms with Crippen molar-refractivity contribution < 1.29 is 17.5 Å². The molecule has 7 heteroatoms. The van der Waals surface area contributed by atoms with Crippen LogP contribution in [0.5, 0.6) is 0 Å². The van der Waals surface area contributed by atoms with Crippen molar-refractivity contribution in [2.75, 3.05) is 27.3 Å². The number of sulfonamides is 1. The summed E-state index contributed by atoms with van der Waals surface area (Å²) in [6.07, 6.45) is 0. The average Bonchev–Trinajstić information content (AvgIpc) is 2.32. The molecule has 0 spiro atoms. The Morgan fingerprint density at radius 1 is 1.47 bits per heavy atom. The Morgan fingerprint density at radius 3 is 2.68 bits per heavy atom. The zero-order chi connectivity index (χ0) is 14.6. The van der Waals surface area contributed by atoms with Gasteiger partial charge in [0.1, 0.15) is 5.82 Å². The minimum atomic E-state index is -3.70. The Morgan fingerprint density at radius 2 is 2.11 bits per heavy atom. The normalized spacial score (nSPS) is 13.8. The van der Waals surface area contributed by atoms with Gasteiger partial charge in [0.15, 0.2) is 0 Å². The molecule has 0 radical (unpaired) electrons. The third-order valence-corrected chi connectivity index (χ3v) is 5.16. The zero-order valence-electron chi connectivity index (χ0n) is 11.1. The topological polar surface area (TPSA) is 46.6 Å². The standard InChI is InChI=1S/C12H17BrFNO3S/c1-9-4-5-11(14)6-12(9)19(16,17)15(2)7-10(13)8-18-3/h4-6,10H,7-8H2,1-3H3. The third-order valence-electron chi connectivity index (χ3n) is 2.64. The highest BCUT2D eigenvalue weighted by molar-refractivity contribution is 9.09. The van der Waals surface area contributed by atoms with E-state index in [9.17, 15) is 12.8 Å². The van der Waals surface area contributed by atoms with Crippen molar-refractivity contribution in [1.82, 2.24) is 4.31 Å². The molecule has 0 aliphatic rings. The molecule has 1 aromatic carbocycles. The predicted octanol–water partition coefficient (Wildman–Crippen LogP) is 2.16. The highest BCUT2D eigenvalue weighted by atomic mass is 79.9. The quantitative estimate of drug-likeness (QED) is 0.736. The van der Waals surface area contributed by atoms with E-state index in [1.807, 2.05) is 0 Å². The van der Waals surface area contributed by atoms with Crippen molar-refractivity contribution in [2.45, 2.75) is 16.6 Å². The van der Waals surface area contributed by atoms with Crippen molar-refractivity contribution in [3.8, 4) is 0 Å². The zero-order valence-corrected chi connectivity index (χ0v) is 13.5. The van der Waals surface area contributed by atoms with Crippen molar-refractivity contribution >= 4 is 26.0 Å². The lowest BCUT2D eigenvalue weighted by atomic mass is 10.2. The minimum Gasteiger partial charge on any atom is -0.383 e. The molecule has 0 amide bonds. The molecule has 1 unspecified atom stereocenters. The minimum absolute atomic E-state index is 0.00730. The predicted molar refractivity (Wildman–Crippen MR) is 75.5 cm³/mol. The summed E-state index contributed by atoms with van der Waals surface area (Å²) in [6, 6.07) is 3.74. The number of ether oxygens (including phenoxy) is 1. The molecule has 0 aliphatic carbocycles. The van der Waals surface area contributed by atoms with E-state index >= 15 is 0 Å². The van der Waals surface area contributed by atoms with E-state index in [0.29, 0.717) is 12.2 Å². The van der Waals surface area contributed by atoms with Gasteiger partial charge in [0.05, 0.1) is 16.3 Å². The molecule has 0 heterocycles. The highest BCUT2D eigenvalue weighted by Crippen LogP contribution is 2.20.